The zero-order valence-electron chi connectivity index (χ0n) is 10.8. The number of aryl methyl sites for hydroxylation is 1. The Balaban J connectivity index is 1.97. The fraction of sp³-hybridized carbons (Fsp3) is 0.692. The Morgan fingerprint density at radius 1 is 1.33 bits per heavy atom. The number of hydrogen-bond donors (Lipinski definition) is 1. The molecule has 100 valence electrons. The predicted octanol–water partition coefficient (Wildman–Crippen LogP) is 2.87. The minimum Gasteiger partial charge on any atom is -0.348 e. The minimum atomic E-state index is 0.0185. The van der Waals surface area contributed by atoms with Crippen LogP contribution in [0.3, 0.4) is 0 Å². The summed E-state index contributed by atoms with van der Waals surface area (Å²) in [7, 11) is 1.81. The molecule has 1 fully saturated rings. The van der Waals surface area contributed by atoms with E-state index in [-0.39, 0.29) is 5.91 Å². The molecule has 2 rings (SSSR count). The van der Waals surface area contributed by atoms with E-state index >= 15 is 0 Å². The van der Waals surface area contributed by atoms with Gasteiger partial charge in [-0.15, -0.1) is 0 Å². The average molecular weight is 361 g/mol. The van der Waals surface area contributed by atoms with Gasteiger partial charge in [0.05, 0.1) is 9.77 Å². The van der Waals surface area contributed by atoms with Crippen LogP contribution in [0.25, 0.3) is 0 Å². The molecule has 1 aromatic rings. The van der Waals surface area contributed by atoms with Crippen molar-refractivity contribution in [3.63, 3.8) is 0 Å². The molecule has 0 atom stereocenters. The second-order valence-electron chi connectivity index (χ2n) is 4.98. The van der Waals surface area contributed by atoms with E-state index in [4.69, 9.17) is 0 Å². The molecule has 1 aromatic heterocycles. The molecular formula is C13H20IN3O. The van der Waals surface area contributed by atoms with Crippen LogP contribution in [-0.2, 0) is 7.05 Å². The molecule has 0 aliphatic heterocycles. The first-order valence-electron chi connectivity index (χ1n) is 6.67. The van der Waals surface area contributed by atoms with Crippen LogP contribution in [-0.4, -0.2) is 21.7 Å². The third kappa shape index (κ3) is 3.46. The van der Waals surface area contributed by atoms with Crippen molar-refractivity contribution in [2.24, 2.45) is 7.05 Å². The molecule has 0 radical (unpaired) electrons. The molecule has 0 unspecified atom stereocenters. The highest BCUT2D eigenvalue weighted by Gasteiger charge is 2.19. The molecule has 1 heterocycles. The number of rotatable bonds is 2. The highest BCUT2D eigenvalue weighted by Crippen LogP contribution is 2.18. The number of carbonyl (C=O) groups excluding carboxylic acids is 1. The molecule has 18 heavy (non-hydrogen) atoms. The van der Waals surface area contributed by atoms with Crippen LogP contribution in [0.15, 0.2) is 6.20 Å². The molecule has 0 spiro atoms. The van der Waals surface area contributed by atoms with E-state index in [1.807, 2.05) is 7.05 Å². The van der Waals surface area contributed by atoms with Gasteiger partial charge >= 0.3 is 0 Å². The molecular weight excluding hydrogens is 341 g/mol. The maximum absolute atomic E-state index is 12.2. The van der Waals surface area contributed by atoms with Gasteiger partial charge < -0.3 is 5.32 Å². The van der Waals surface area contributed by atoms with Crippen LogP contribution in [0.2, 0.25) is 0 Å². The number of aromatic nitrogens is 2. The number of halogens is 1. The largest absolute Gasteiger partial charge is 0.348 e. The first kappa shape index (κ1) is 13.8. The summed E-state index contributed by atoms with van der Waals surface area (Å²) < 4.78 is 2.57. The Morgan fingerprint density at radius 2 is 1.94 bits per heavy atom. The van der Waals surface area contributed by atoms with Gasteiger partial charge in [0.15, 0.2) is 0 Å². The van der Waals surface area contributed by atoms with E-state index in [0.29, 0.717) is 11.7 Å². The van der Waals surface area contributed by atoms with E-state index in [9.17, 15) is 4.79 Å². The molecule has 5 heteroatoms. The Kier molecular flexibility index (Phi) is 5.03. The zero-order valence-corrected chi connectivity index (χ0v) is 12.9. The van der Waals surface area contributed by atoms with Crippen LogP contribution < -0.4 is 5.32 Å². The first-order valence-corrected chi connectivity index (χ1v) is 7.74. The summed E-state index contributed by atoms with van der Waals surface area (Å²) in [5.41, 5.74) is 0.678. The van der Waals surface area contributed by atoms with Gasteiger partial charge in [0, 0.05) is 13.1 Å². The van der Waals surface area contributed by atoms with E-state index in [0.717, 1.165) is 16.4 Å². The van der Waals surface area contributed by atoms with Crippen LogP contribution in [0.5, 0.6) is 0 Å². The fourth-order valence-corrected chi connectivity index (χ4v) is 3.24. The number of hydrogen-bond acceptors (Lipinski definition) is 2. The summed E-state index contributed by atoms with van der Waals surface area (Å²) in [6, 6.07) is 0.337. The van der Waals surface area contributed by atoms with E-state index in [2.05, 4.69) is 33.0 Å². The summed E-state index contributed by atoms with van der Waals surface area (Å²) in [6.45, 7) is 0. The zero-order chi connectivity index (χ0) is 13.0. The van der Waals surface area contributed by atoms with Gasteiger partial charge in [0.1, 0.15) is 5.69 Å². The molecule has 0 bridgehead atoms. The minimum absolute atomic E-state index is 0.0185. The summed E-state index contributed by atoms with van der Waals surface area (Å²) in [5.74, 6) is 0.0185. The van der Waals surface area contributed by atoms with Gasteiger partial charge in [-0.1, -0.05) is 32.1 Å². The standard InChI is InChI=1S/C13H20IN3O/c1-17-12(11(14)9-15-17)13(18)16-10-7-5-3-2-4-6-8-10/h9-10H,2-8H2,1H3,(H,16,18). The number of amides is 1. The van der Waals surface area contributed by atoms with Crippen molar-refractivity contribution in [2.75, 3.05) is 0 Å². The monoisotopic (exact) mass is 361 g/mol. The third-order valence-electron chi connectivity index (χ3n) is 3.55. The van der Waals surface area contributed by atoms with Crippen LogP contribution in [0.1, 0.15) is 55.4 Å². The van der Waals surface area contributed by atoms with Crippen LogP contribution in [0, 0.1) is 3.57 Å². The maximum atomic E-state index is 12.2. The Labute approximate surface area is 122 Å². The molecule has 0 aromatic carbocycles. The van der Waals surface area contributed by atoms with Gasteiger partial charge in [-0.05, 0) is 35.4 Å². The summed E-state index contributed by atoms with van der Waals surface area (Å²) in [6.07, 6.45) is 10.4. The summed E-state index contributed by atoms with van der Waals surface area (Å²) in [4.78, 5) is 12.2. The van der Waals surface area contributed by atoms with E-state index in [1.165, 1.54) is 32.1 Å². The lowest BCUT2D eigenvalue weighted by Crippen LogP contribution is -2.36. The summed E-state index contributed by atoms with van der Waals surface area (Å²) in [5, 5.41) is 7.28. The van der Waals surface area contributed by atoms with Crippen molar-refractivity contribution < 1.29 is 4.79 Å². The lowest BCUT2D eigenvalue weighted by atomic mass is 9.96. The predicted molar refractivity (Wildman–Crippen MR) is 79.5 cm³/mol. The van der Waals surface area contributed by atoms with Crippen molar-refractivity contribution in [3.05, 3.63) is 15.5 Å². The van der Waals surface area contributed by atoms with Gasteiger partial charge in [-0.3, -0.25) is 9.48 Å². The van der Waals surface area contributed by atoms with Gasteiger partial charge in [0.25, 0.3) is 5.91 Å². The highest BCUT2D eigenvalue weighted by atomic mass is 127. The van der Waals surface area contributed by atoms with Crippen molar-refractivity contribution in [1.82, 2.24) is 15.1 Å². The lowest BCUT2D eigenvalue weighted by Gasteiger charge is -2.21. The van der Waals surface area contributed by atoms with Crippen LogP contribution in [0.4, 0.5) is 0 Å². The molecule has 4 nitrogen and oxygen atoms in total. The van der Waals surface area contributed by atoms with Crippen LogP contribution >= 0.6 is 22.6 Å². The fourth-order valence-electron chi connectivity index (χ4n) is 2.52. The highest BCUT2D eigenvalue weighted by molar-refractivity contribution is 14.1. The Bertz CT molecular complexity index is 389. The third-order valence-corrected chi connectivity index (χ3v) is 4.34. The van der Waals surface area contributed by atoms with E-state index < -0.39 is 0 Å². The van der Waals surface area contributed by atoms with Gasteiger partial charge in [-0.2, -0.15) is 5.10 Å². The maximum Gasteiger partial charge on any atom is 0.270 e. The first-order chi connectivity index (χ1) is 8.68. The number of nitrogens with one attached hydrogen (secondary N) is 1. The molecule has 1 amide bonds. The second kappa shape index (κ2) is 6.54. The topological polar surface area (TPSA) is 46.9 Å². The smallest absolute Gasteiger partial charge is 0.270 e. The average Bonchev–Trinajstić information content (AvgIpc) is 2.62. The second-order valence-corrected chi connectivity index (χ2v) is 6.14. The van der Waals surface area contributed by atoms with Crippen molar-refractivity contribution in [3.8, 4) is 0 Å². The lowest BCUT2D eigenvalue weighted by molar-refractivity contribution is 0.0920. The normalized spacial score (nSPS) is 18.1. The van der Waals surface area contributed by atoms with Gasteiger partial charge in [0.2, 0.25) is 0 Å². The van der Waals surface area contributed by atoms with Crippen molar-refractivity contribution >= 4 is 28.5 Å². The molecule has 0 saturated heterocycles. The quantitative estimate of drug-likeness (QED) is 0.824. The Morgan fingerprint density at radius 3 is 2.50 bits per heavy atom. The van der Waals surface area contributed by atoms with Gasteiger partial charge in [-0.25, -0.2) is 0 Å². The summed E-state index contributed by atoms with van der Waals surface area (Å²) >= 11 is 2.16. The number of nitrogens with zero attached hydrogens (tertiary/aromatic N) is 2. The van der Waals surface area contributed by atoms with E-state index in [1.54, 1.807) is 10.9 Å². The van der Waals surface area contributed by atoms with Crippen molar-refractivity contribution in [1.29, 1.82) is 0 Å². The Hall–Kier alpha value is -0.590. The molecule has 1 saturated carbocycles. The van der Waals surface area contributed by atoms with Crippen molar-refractivity contribution in [2.45, 2.75) is 51.0 Å². The molecule has 1 aliphatic rings. The molecule has 1 aliphatic carbocycles. The number of carbonyl (C=O) groups is 1. The molecule has 1 N–H and O–H groups in total. The SMILES string of the molecule is Cn1ncc(I)c1C(=O)NC1CCCCCCC1.